The van der Waals surface area contributed by atoms with E-state index in [0.717, 1.165) is 0 Å². The third-order valence-corrected chi connectivity index (χ3v) is 0. The van der Waals surface area contributed by atoms with Crippen molar-refractivity contribution < 1.29 is 4.79 Å². The maximum Gasteiger partial charge on any atom is 0.214 e. The Morgan fingerprint density at radius 3 is 1.50 bits per heavy atom. The van der Waals surface area contributed by atoms with Crippen molar-refractivity contribution in [3.05, 3.63) is 0 Å². The van der Waals surface area contributed by atoms with Crippen molar-refractivity contribution >= 4 is 5.91 Å². The third-order valence-electron chi connectivity index (χ3n) is 0. The van der Waals surface area contributed by atoms with Crippen LogP contribution in [0.2, 0.25) is 0 Å². The van der Waals surface area contributed by atoms with Gasteiger partial charge in [0.1, 0.15) is 0 Å². The minimum absolute atomic E-state index is 0.333. The summed E-state index contributed by atoms with van der Waals surface area (Å²) in [6, 6.07) is 0. The zero-order chi connectivity index (χ0) is 5.58. The summed E-state index contributed by atoms with van der Waals surface area (Å²) in [6.07, 6.45) is 0. The van der Waals surface area contributed by atoms with Gasteiger partial charge in [0, 0.05) is 6.92 Å². The molecule has 0 aliphatic carbocycles. The zero-order valence-corrected chi connectivity index (χ0v) is 4.49. The molecule has 0 spiro atoms. The van der Waals surface area contributed by atoms with Crippen LogP contribution in [0.25, 0.3) is 0 Å². The Morgan fingerprint density at radius 2 is 1.50 bits per heavy atom. The lowest BCUT2D eigenvalue weighted by Gasteiger charge is -1.60. The molecule has 6 heavy (non-hydrogen) atoms. The maximum absolute atomic E-state index is 9.22. The normalized spacial score (nSPS) is 5.17. The smallest absolute Gasteiger partial charge is 0.214 e. The van der Waals surface area contributed by atoms with Crippen LogP contribution < -0.4 is 5.73 Å². The highest BCUT2D eigenvalue weighted by atomic mass is 16.1. The number of primary amides is 1. The highest BCUT2D eigenvalue weighted by Crippen LogP contribution is 1.33. The SMILES string of the molecule is CC.CC(N)=O. The molecule has 0 fully saturated rings. The lowest BCUT2D eigenvalue weighted by Crippen LogP contribution is -2.01. The van der Waals surface area contributed by atoms with E-state index in [1.165, 1.54) is 6.92 Å². The molecule has 0 saturated heterocycles. The molecule has 2 heteroatoms. The van der Waals surface area contributed by atoms with E-state index >= 15 is 0 Å². The van der Waals surface area contributed by atoms with E-state index < -0.39 is 0 Å². The van der Waals surface area contributed by atoms with Gasteiger partial charge in [-0.2, -0.15) is 0 Å². The maximum atomic E-state index is 9.22. The van der Waals surface area contributed by atoms with E-state index in [1.807, 2.05) is 13.8 Å². The van der Waals surface area contributed by atoms with Crippen LogP contribution in [0, 0.1) is 0 Å². The van der Waals surface area contributed by atoms with E-state index in [9.17, 15) is 4.79 Å². The predicted octanol–water partition coefficient (Wildman–Crippen LogP) is 0.518. The van der Waals surface area contributed by atoms with E-state index in [2.05, 4.69) is 5.73 Å². The molecule has 0 aromatic heterocycles. The van der Waals surface area contributed by atoms with Gasteiger partial charge in [-0.05, 0) is 0 Å². The lowest BCUT2D eigenvalue weighted by molar-refractivity contribution is -0.115. The molecule has 0 aromatic rings. The molecule has 1 amide bonds. The van der Waals surface area contributed by atoms with Gasteiger partial charge in [-0.25, -0.2) is 0 Å². The molecule has 0 bridgehead atoms. The van der Waals surface area contributed by atoms with Crippen LogP contribution in [0.3, 0.4) is 0 Å². The fourth-order valence-electron chi connectivity index (χ4n) is 0. The Morgan fingerprint density at radius 1 is 1.50 bits per heavy atom. The number of amides is 1. The Hall–Kier alpha value is -0.530. The fourth-order valence-corrected chi connectivity index (χ4v) is 0. The average Bonchev–Trinajstić information content (AvgIpc) is 1.41. The van der Waals surface area contributed by atoms with Crippen molar-refractivity contribution in [2.24, 2.45) is 5.73 Å². The summed E-state index contributed by atoms with van der Waals surface area (Å²) in [6.45, 7) is 5.31. The first kappa shape index (κ1) is 9.08. The van der Waals surface area contributed by atoms with Crippen LogP contribution in [0.4, 0.5) is 0 Å². The molecular formula is C4H11NO. The molecule has 0 unspecified atom stereocenters. The van der Waals surface area contributed by atoms with Crippen LogP contribution in [0.15, 0.2) is 0 Å². The molecule has 0 aliphatic heterocycles. The number of nitrogens with two attached hydrogens (primary N) is 1. The molecule has 0 aliphatic rings. The summed E-state index contributed by atoms with van der Waals surface area (Å²) < 4.78 is 0. The lowest BCUT2D eigenvalue weighted by atomic mass is 10.8. The Bertz CT molecular complexity index is 30.5. The standard InChI is InChI=1S/C2H5NO.C2H6/c1-2(3)4;1-2/h1H3,(H2,3,4);1-2H3. The summed E-state index contributed by atoms with van der Waals surface area (Å²) in [5.74, 6) is -0.333. The molecule has 0 atom stereocenters. The summed E-state index contributed by atoms with van der Waals surface area (Å²) in [5, 5.41) is 0. The second kappa shape index (κ2) is 8.82. The van der Waals surface area contributed by atoms with Crippen molar-refractivity contribution in [1.82, 2.24) is 0 Å². The van der Waals surface area contributed by atoms with Gasteiger partial charge in [0.25, 0.3) is 0 Å². The molecule has 0 saturated carbocycles. The van der Waals surface area contributed by atoms with E-state index in [-0.39, 0.29) is 5.91 Å². The monoisotopic (exact) mass is 89.1 g/mol. The molecule has 0 aromatic carbocycles. The Labute approximate surface area is 38.3 Å². The number of hydrogen-bond donors (Lipinski definition) is 1. The van der Waals surface area contributed by atoms with Gasteiger partial charge < -0.3 is 5.73 Å². The first-order chi connectivity index (χ1) is 2.73. The van der Waals surface area contributed by atoms with Crippen molar-refractivity contribution in [2.45, 2.75) is 20.8 Å². The van der Waals surface area contributed by atoms with Gasteiger partial charge in [0.05, 0.1) is 0 Å². The fraction of sp³-hybridized carbons (Fsp3) is 0.750. The van der Waals surface area contributed by atoms with Gasteiger partial charge in [-0.15, -0.1) is 0 Å². The highest BCUT2D eigenvalue weighted by Gasteiger charge is 1.61. The van der Waals surface area contributed by atoms with Crippen LogP contribution >= 0.6 is 0 Å². The number of hydrogen-bond acceptors (Lipinski definition) is 1. The van der Waals surface area contributed by atoms with Crippen LogP contribution in [0.1, 0.15) is 20.8 Å². The van der Waals surface area contributed by atoms with Gasteiger partial charge in [0.15, 0.2) is 0 Å². The van der Waals surface area contributed by atoms with E-state index in [1.54, 1.807) is 0 Å². The number of carbonyl (C=O) groups excluding carboxylic acids is 1. The zero-order valence-electron chi connectivity index (χ0n) is 4.49. The van der Waals surface area contributed by atoms with Crippen molar-refractivity contribution in [1.29, 1.82) is 0 Å². The third kappa shape index (κ3) is 75.4. The minimum Gasteiger partial charge on any atom is -0.370 e. The number of rotatable bonds is 0. The Kier molecular flexibility index (Phi) is 13.3. The molecule has 2 nitrogen and oxygen atoms in total. The number of carbonyl (C=O) groups is 1. The van der Waals surface area contributed by atoms with E-state index in [0.29, 0.717) is 0 Å². The van der Waals surface area contributed by atoms with Crippen molar-refractivity contribution in [3.63, 3.8) is 0 Å². The second-order valence-electron chi connectivity index (χ2n) is 0.611. The molecule has 2 N–H and O–H groups in total. The van der Waals surface area contributed by atoms with Crippen LogP contribution in [-0.4, -0.2) is 5.91 Å². The van der Waals surface area contributed by atoms with Gasteiger partial charge in [-0.1, -0.05) is 13.8 Å². The molecule has 38 valence electrons. The summed E-state index contributed by atoms with van der Waals surface area (Å²) in [7, 11) is 0. The largest absolute Gasteiger partial charge is 0.370 e. The molecule has 0 radical (unpaired) electrons. The molecular weight excluding hydrogens is 78.0 g/mol. The van der Waals surface area contributed by atoms with Crippen molar-refractivity contribution in [2.75, 3.05) is 0 Å². The summed E-state index contributed by atoms with van der Waals surface area (Å²) >= 11 is 0. The highest BCUT2D eigenvalue weighted by molar-refractivity contribution is 5.70. The Balaban J connectivity index is 0. The van der Waals surface area contributed by atoms with Gasteiger partial charge >= 0.3 is 0 Å². The topological polar surface area (TPSA) is 43.1 Å². The minimum atomic E-state index is -0.333. The average molecular weight is 89.1 g/mol. The predicted molar refractivity (Wildman–Crippen MR) is 26.2 cm³/mol. The van der Waals surface area contributed by atoms with Crippen LogP contribution in [0.5, 0.6) is 0 Å². The first-order valence-corrected chi connectivity index (χ1v) is 1.99. The van der Waals surface area contributed by atoms with Crippen molar-refractivity contribution in [3.8, 4) is 0 Å². The molecule has 0 rings (SSSR count). The second-order valence-corrected chi connectivity index (χ2v) is 0.611. The van der Waals surface area contributed by atoms with E-state index in [4.69, 9.17) is 0 Å². The van der Waals surface area contributed by atoms with Gasteiger partial charge in [0.2, 0.25) is 5.91 Å². The quantitative estimate of drug-likeness (QED) is 0.462. The summed E-state index contributed by atoms with van der Waals surface area (Å²) in [4.78, 5) is 9.22. The molecule has 0 heterocycles. The van der Waals surface area contributed by atoms with Gasteiger partial charge in [-0.3, -0.25) is 4.79 Å². The first-order valence-electron chi connectivity index (χ1n) is 1.99. The summed E-state index contributed by atoms with van der Waals surface area (Å²) in [5.41, 5.74) is 4.47. The van der Waals surface area contributed by atoms with Crippen LogP contribution in [-0.2, 0) is 4.79 Å².